The molecule has 0 radical (unpaired) electrons. The SMILES string of the molecule is CC(N)(c1ccc(Cl)cc1)C1CCOC2(CCC2)C1. The van der Waals surface area contributed by atoms with Crippen LogP contribution in [0.1, 0.15) is 44.6 Å². The number of hydrogen-bond donors (Lipinski definition) is 1. The van der Waals surface area contributed by atoms with E-state index in [1.807, 2.05) is 12.1 Å². The van der Waals surface area contributed by atoms with E-state index < -0.39 is 0 Å². The highest BCUT2D eigenvalue weighted by atomic mass is 35.5. The van der Waals surface area contributed by atoms with Gasteiger partial charge in [-0.05, 0) is 62.6 Å². The van der Waals surface area contributed by atoms with Gasteiger partial charge >= 0.3 is 0 Å². The zero-order chi connectivity index (χ0) is 13.5. The summed E-state index contributed by atoms with van der Waals surface area (Å²) in [4.78, 5) is 0. The van der Waals surface area contributed by atoms with E-state index in [0.717, 1.165) is 24.5 Å². The van der Waals surface area contributed by atoms with Crippen LogP contribution in [0, 0.1) is 5.92 Å². The fourth-order valence-electron chi connectivity index (χ4n) is 3.50. The van der Waals surface area contributed by atoms with Gasteiger partial charge in [-0.2, -0.15) is 0 Å². The molecule has 2 aliphatic rings. The third-order valence-corrected chi connectivity index (χ3v) is 5.32. The van der Waals surface area contributed by atoms with Crippen LogP contribution >= 0.6 is 11.6 Å². The molecule has 2 unspecified atom stereocenters. The fourth-order valence-corrected chi connectivity index (χ4v) is 3.63. The molecule has 3 heteroatoms. The number of halogens is 1. The summed E-state index contributed by atoms with van der Waals surface area (Å²) >= 11 is 5.96. The predicted molar refractivity (Wildman–Crippen MR) is 78.2 cm³/mol. The highest BCUT2D eigenvalue weighted by Gasteiger charge is 2.46. The van der Waals surface area contributed by atoms with Gasteiger partial charge < -0.3 is 10.5 Å². The van der Waals surface area contributed by atoms with Crippen LogP contribution in [-0.4, -0.2) is 12.2 Å². The molecule has 0 amide bonds. The summed E-state index contributed by atoms with van der Waals surface area (Å²) in [6.45, 7) is 3.00. The first-order chi connectivity index (χ1) is 9.02. The van der Waals surface area contributed by atoms with E-state index in [1.165, 1.54) is 24.8 Å². The van der Waals surface area contributed by atoms with Crippen molar-refractivity contribution in [1.82, 2.24) is 0 Å². The van der Waals surface area contributed by atoms with Gasteiger partial charge in [-0.15, -0.1) is 0 Å². The van der Waals surface area contributed by atoms with Crippen LogP contribution in [0.2, 0.25) is 5.02 Å². The average Bonchev–Trinajstić information content (AvgIpc) is 2.37. The van der Waals surface area contributed by atoms with E-state index in [2.05, 4.69) is 19.1 Å². The number of nitrogens with two attached hydrogens (primary N) is 1. The van der Waals surface area contributed by atoms with E-state index >= 15 is 0 Å². The number of ether oxygens (including phenoxy) is 1. The summed E-state index contributed by atoms with van der Waals surface area (Å²) in [5, 5.41) is 0.766. The first-order valence-electron chi connectivity index (χ1n) is 7.21. The lowest BCUT2D eigenvalue weighted by atomic mass is 9.66. The van der Waals surface area contributed by atoms with Crippen molar-refractivity contribution in [3.8, 4) is 0 Å². The molecule has 1 aromatic carbocycles. The van der Waals surface area contributed by atoms with Gasteiger partial charge in [-0.3, -0.25) is 0 Å². The maximum Gasteiger partial charge on any atom is 0.0686 e. The highest BCUT2D eigenvalue weighted by molar-refractivity contribution is 6.30. The van der Waals surface area contributed by atoms with Crippen LogP contribution in [0.3, 0.4) is 0 Å². The van der Waals surface area contributed by atoms with Gasteiger partial charge in [0.15, 0.2) is 0 Å². The normalized spacial score (nSPS) is 28.7. The molecule has 104 valence electrons. The lowest BCUT2D eigenvalue weighted by molar-refractivity contribution is -0.151. The van der Waals surface area contributed by atoms with Crippen molar-refractivity contribution in [2.24, 2.45) is 11.7 Å². The van der Waals surface area contributed by atoms with Gasteiger partial charge in [0.2, 0.25) is 0 Å². The monoisotopic (exact) mass is 279 g/mol. The van der Waals surface area contributed by atoms with E-state index in [-0.39, 0.29) is 11.1 Å². The van der Waals surface area contributed by atoms with Crippen LogP contribution < -0.4 is 5.73 Å². The molecule has 1 spiro atoms. The van der Waals surface area contributed by atoms with Crippen LogP contribution in [0.4, 0.5) is 0 Å². The Kier molecular flexibility index (Phi) is 3.36. The first-order valence-corrected chi connectivity index (χ1v) is 7.59. The molecule has 0 aromatic heterocycles. The average molecular weight is 280 g/mol. The van der Waals surface area contributed by atoms with Gasteiger partial charge in [0, 0.05) is 17.2 Å². The Labute approximate surface area is 120 Å². The van der Waals surface area contributed by atoms with Crippen molar-refractivity contribution >= 4 is 11.6 Å². The zero-order valence-corrected chi connectivity index (χ0v) is 12.2. The summed E-state index contributed by atoms with van der Waals surface area (Å²) in [6, 6.07) is 7.98. The van der Waals surface area contributed by atoms with Gasteiger partial charge in [0.25, 0.3) is 0 Å². The molecule has 2 fully saturated rings. The second kappa shape index (κ2) is 4.76. The Balaban J connectivity index is 1.81. The molecule has 1 aliphatic carbocycles. The van der Waals surface area contributed by atoms with Crippen molar-refractivity contribution in [3.63, 3.8) is 0 Å². The lowest BCUT2D eigenvalue weighted by Crippen LogP contribution is -2.52. The molecule has 1 saturated heterocycles. The number of benzene rings is 1. The minimum atomic E-state index is -0.295. The molecule has 1 saturated carbocycles. The van der Waals surface area contributed by atoms with E-state index in [4.69, 9.17) is 22.1 Å². The van der Waals surface area contributed by atoms with Crippen LogP contribution in [0.15, 0.2) is 24.3 Å². The molecular weight excluding hydrogens is 258 g/mol. The smallest absolute Gasteiger partial charge is 0.0686 e. The van der Waals surface area contributed by atoms with E-state index in [1.54, 1.807) is 0 Å². The van der Waals surface area contributed by atoms with Crippen molar-refractivity contribution in [3.05, 3.63) is 34.9 Å². The molecule has 1 aromatic rings. The Morgan fingerprint density at radius 3 is 2.58 bits per heavy atom. The minimum Gasteiger partial charge on any atom is -0.375 e. The maximum absolute atomic E-state index is 6.66. The first kappa shape index (κ1) is 13.4. The molecule has 2 atom stereocenters. The molecule has 2 nitrogen and oxygen atoms in total. The Hall–Kier alpha value is -0.570. The topological polar surface area (TPSA) is 35.2 Å². The summed E-state index contributed by atoms with van der Waals surface area (Å²) in [6.07, 6.45) is 5.87. The van der Waals surface area contributed by atoms with Crippen molar-refractivity contribution in [1.29, 1.82) is 0 Å². The number of hydrogen-bond acceptors (Lipinski definition) is 2. The van der Waals surface area contributed by atoms with E-state index in [0.29, 0.717) is 5.92 Å². The quantitative estimate of drug-likeness (QED) is 0.892. The predicted octanol–water partition coefficient (Wildman–Crippen LogP) is 3.86. The maximum atomic E-state index is 6.66. The molecular formula is C16H22ClNO. The largest absolute Gasteiger partial charge is 0.375 e. The third kappa shape index (κ3) is 2.42. The van der Waals surface area contributed by atoms with Crippen LogP contribution in [-0.2, 0) is 10.3 Å². The van der Waals surface area contributed by atoms with Gasteiger partial charge in [-0.25, -0.2) is 0 Å². The summed E-state index contributed by atoms with van der Waals surface area (Å²) in [7, 11) is 0. The van der Waals surface area contributed by atoms with Gasteiger partial charge in [-0.1, -0.05) is 23.7 Å². The van der Waals surface area contributed by atoms with Crippen molar-refractivity contribution < 1.29 is 4.74 Å². The lowest BCUT2D eigenvalue weighted by Gasteiger charge is -2.50. The Morgan fingerprint density at radius 1 is 1.32 bits per heavy atom. The Bertz CT molecular complexity index is 450. The molecule has 1 aliphatic heterocycles. The number of rotatable bonds is 2. The fraction of sp³-hybridized carbons (Fsp3) is 0.625. The van der Waals surface area contributed by atoms with Crippen molar-refractivity contribution in [2.75, 3.05) is 6.61 Å². The standard InChI is InChI=1S/C16H22ClNO/c1-15(18,12-3-5-14(17)6-4-12)13-7-10-19-16(11-13)8-2-9-16/h3-6,13H,2,7-11,18H2,1H3. The molecule has 1 heterocycles. The minimum absolute atomic E-state index is 0.149. The molecule has 2 N–H and O–H groups in total. The highest BCUT2D eigenvalue weighted by Crippen LogP contribution is 2.48. The van der Waals surface area contributed by atoms with Crippen LogP contribution in [0.5, 0.6) is 0 Å². The second-order valence-electron chi connectivity index (χ2n) is 6.36. The third-order valence-electron chi connectivity index (χ3n) is 5.07. The molecule has 0 bridgehead atoms. The van der Waals surface area contributed by atoms with Crippen molar-refractivity contribution in [2.45, 2.75) is 50.2 Å². The summed E-state index contributed by atoms with van der Waals surface area (Å²) < 4.78 is 6.01. The van der Waals surface area contributed by atoms with Crippen LogP contribution in [0.25, 0.3) is 0 Å². The van der Waals surface area contributed by atoms with Gasteiger partial charge in [0.05, 0.1) is 5.60 Å². The molecule has 3 rings (SSSR count). The van der Waals surface area contributed by atoms with Gasteiger partial charge in [0.1, 0.15) is 0 Å². The Morgan fingerprint density at radius 2 is 2.00 bits per heavy atom. The molecule has 19 heavy (non-hydrogen) atoms. The van der Waals surface area contributed by atoms with E-state index in [9.17, 15) is 0 Å². The second-order valence-corrected chi connectivity index (χ2v) is 6.80. The summed E-state index contributed by atoms with van der Waals surface area (Å²) in [5.74, 6) is 0.489. The summed E-state index contributed by atoms with van der Waals surface area (Å²) in [5.41, 5.74) is 7.70. The zero-order valence-electron chi connectivity index (χ0n) is 11.5.